The Kier molecular flexibility index (Phi) is 19.1. The van der Waals surface area contributed by atoms with Crippen molar-refractivity contribution >= 4 is 6.29 Å². The molecule has 0 aliphatic rings. The number of carbonyl (C=O) groups excluding carboxylic acids is 1. The molecular formula is C26H41NO2. The van der Waals surface area contributed by atoms with Gasteiger partial charge in [-0.1, -0.05) is 68.5 Å². The Bertz CT molecular complexity index is 576. The molecule has 29 heavy (non-hydrogen) atoms. The molecule has 0 unspecified atom stereocenters. The number of aldehydes is 1. The number of rotatable bonds is 16. The Balaban J connectivity index is 0.00000379. The summed E-state index contributed by atoms with van der Waals surface area (Å²) in [4.78, 5) is 10.2. The molecule has 0 heterocycles. The third kappa shape index (κ3) is 16.5. The van der Waals surface area contributed by atoms with Crippen molar-refractivity contribution in [2.75, 3.05) is 19.7 Å². The Morgan fingerprint density at radius 2 is 1.79 bits per heavy atom. The summed E-state index contributed by atoms with van der Waals surface area (Å²) >= 11 is 0. The summed E-state index contributed by atoms with van der Waals surface area (Å²) in [6.07, 6.45) is 14.3. The smallest absolute Gasteiger partial charge is 0.121 e. The molecule has 0 saturated carbocycles. The summed E-state index contributed by atoms with van der Waals surface area (Å²) in [5.41, 5.74) is 2.68. The molecule has 1 aromatic rings. The Labute approximate surface area is 178 Å². The quantitative estimate of drug-likeness (QED) is 0.151. The van der Waals surface area contributed by atoms with Gasteiger partial charge < -0.3 is 14.8 Å². The summed E-state index contributed by atoms with van der Waals surface area (Å²) in [5.74, 6) is 0.724. The Morgan fingerprint density at radius 3 is 2.48 bits per heavy atom. The zero-order valence-corrected chi connectivity index (χ0v) is 18.8. The number of nitrogens with one attached hydrogen (secondary N) is 1. The molecular weight excluding hydrogens is 358 g/mol. The van der Waals surface area contributed by atoms with E-state index in [1.165, 1.54) is 24.0 Å². The van der Waals surface area contributed by atoms with Gasteiger partial charge in [0.1, 0.15) is 12.0 Å². The van der Waals surface area contributed by atoms with E-state index < -0.39 is 0 Å². The minimum atomic E-state index is 0.583. The van der Waals surface area contributed by atoms with Crippen LogP contribution in [0, 0.1) is 0 Å². The number of carbonyl (C=O) groups is 1. The number of ether oxygens (including phenoxy) is 1. The summed E-state index contributed by atoms with van der Waals surface area (Å²) in [7, 11) is 0. The van der Waals surface area contributed by atoms with Gasteiger partial charge in [-0.2, -0.15) is 0 Å². The predicted molar refractivity (Wildman–Crippen MR) is 126 cm³/mol. The SMILES string of the molecule is C=C(/C=C\C(=C/C)CCCNCCC=O)OCCCCCc1ccccc1.CC. The molecule has 0 fully saturated rings. The number of allylic oxidation sites excluding steroid dienone is 4. The van der Waals surface area contributed by atoms with Gasteiger partial charge in [0.2, 0.25) is 0 Å². The number of benzene rings is 1. The van der Waals surface area contributed by atoms with Gasteiger partial charge in [-0.3, -0.25) is 0 Å². The van der Waals surface area contributed by atoms with Gasteiger partial charge in [0, 0.05) is 13.0 Å². The third-order valence-corrected chi connectivity index (χ3v) is 4.35. The van der Waals surface area contributed by atoms with Gasteiger partial charge in [0.05, 0.1) is 6.61 Å². The van der Waals surface area contributed by atoms with E-state index >= 15 is 0 Å². The second-order valence-electron chi connectivity index (χ2n) is 6.62. The van der Waals surface area contributed by atoms with E-state index in [4.69, 9.17) is 4.74 Å². The Morgan fingerprint density at radius 1 is 1.03 bits per heavy atom. The van der Waals surface area contributed by atoms with E-state index in [1.807, 2.05) is 19.9 Å². The summed E-state index contributed by atoms with van der Waals surface area (Å²) in [6, 6.07) is 10.6. The van der Waals surface area contributed by atoms with Crippen LogP contribution in [-0.4, -0.2) is 26.0 Å². The largest absolute Gasteiger partial charge is 0.494 e. The highest BCUT2D eigenvalue weighted by molar-refractivity contribution is 5.49. The van der Waals surface area contributed by atoms with Crippen LogP contribution in [0.15, 0.2) is 66.5 Å². The van der Waals surface area contributed by atoms with Crippen molar-refractivity contribution in [2.24, 2.45) is 0 Å². The van der Waals surface area contributed by atoms with E-state index in [2.05, 4.69) is 61.3 Å². The zero-order chi connectivity index (χ0) is 21.6. The summed E-state index contributed by atoms with van der Waals surface area (Å²) in [5, 5.41) is 3.26. The van der Waals surface area contributed by atoms with Crippen molar-refractivity contribution in [3.8, 4) is 0 Å². The number of hydrogen-bond donors (Lipinski definition) is 1. The first-order valence-corrected chi connectivity index (χ1v) is 11.1. The average Bonchev–Trinajstić information content (AvgIpc) is 2.77. The fourth-order valence-corrected chi connectivity index (χ4v) is 2.73. The fourth-order valence-electron chi connectivity index (χ4n) is 2.73. The molecule has 0 aliphatic carbocycles. The van der Waals surface area contributed by atoms with Crippen molar-refractivity contribution in [2.45, 2.75) is 65.7 Å². The molecule has 0 aromatic heterocycles. The third-order valence-electron chi connectivity index (χ3n) is 4.35. The van der Waals surface area contributed by atoms with E-state index in [0.717, 1.165) is 57.4 Å². The molecule has 0 radical (unpaired) electrons. The van der Waals surface area contributed by atoms with Crippen LogP contribution in [0.25, 0.3) is 0 Å². The number of aryl methyl sites for hydroxylation is 1. The van der Waals surface area contributed by atoms with Crippen molar-refractivity contribution in [1.29, 1.82) is 0 Å². The summed E-state index contributed by atoms with van der Waals surface area (Å²) < 4.78 is 5.71. The van der Waals surface area contributed by atoms with Gasteiger partial charge in [0.15, 0.2) is 0 Å². The van der Waals surface area contributed by atoms with Gasteiger partial charge in [-0.25, -0.2) is 0 Å². The van der Waals surface area contributed by atoms with Crippen LogP contribution in [0.4, 0.5) is 0 Å². The van der Waals surface area contributed by atoms with Gasteiger partial charge in [-0.05, 0) is 63.6 Å². The van der Waals surface area contributed by atoms with E-state index in [0.29, 0.717) is 6.42 Å². The number of hydrogen-bond acceptors (Lipinski definition) is 3. The standard InChI is InChI=1S/C24H35NO2.C2H6/c1-3-23(15-10-18-25-19-11-20-26)17-16-22(2)27-21-9-5-8-14-24-12-6-4-7-13-24;1-2/h3-4,6-7,12-13,16-17,20,25H,2,5,8-11,14-15,18-19,21H2,1H3;1-2H3/b17-16-,23-3-;. The molecule has 0 spiro atoms. The first-order chi connectivity index (χ1) is 14.3. The molecule has 0 atom stereocenters. The molecule has 0 amide bonds. The highest BCUT2D eigenvalue weighted by Crippen LogP contribution is 2.10. The van der Waals surface area contributed by atoms with E-state index in [9.17, 15) is 4.79 Å². The lowest BCUT2D eigenvalue weighted by atomic mass is 10.1. The molecule has 0 aliphatic heterocycles. The van der Waals surface area contributed by atoms with Crippen molar-refractivity contribution in [3.05, 3.63) is 72.0 Å². The van der Waals surface area contributed by atoms with Gasteiger partial charge >= 0.3 is 0 Å². The topological polar surface area (TPSA) is 38.3 Å². The normalized spacial score (nSPS) is 11.1. The maximum absolute atomic E-state index is 10.2. The van der Waals surface area contributed by atoms with Crippen LogP contribution in [0.5, 0.6) is 0 Å². The van der Waals surface area contributed by atoms with Crippen molar-refractivity contribution < 1.29 is 9.53 Å². The van der Waals surface area contributed by atoms with Crippen LogP contribution in [0.1, 0.15) is 64.9 Å². The summed E-state index contributed by atoms with van der Waals surface area (Å²) in [6.45, 7) is 12.4. The fraction of sp³-hybridized carbons (Fsp3) is 0.500. The van der Waals surface area contributed by atoms with Gasteiger partial charge in [0.25, 0.3) is 0 Å². The predicted octanol–water partition coefficient (Wildman–Crippen LogP) is 6.42. The van der Waals surface area contributed by atoms with E-state index in [1.54, 1.807) is 0 Å². The molecule has 1 N–H and O–H groups in total. The minimum absolute atomic E-state index is 0.583. The minimum Gasteiger partial charge on any atom is -0.494 e. The zero-order valence-electron chi connectivity index (χ0n) is 18.8. The van der Waals surface area contributed by atoms with Crippen LogP contribution in [0.2, 0.25) is 0 Å². The monoisotopic (exact) mass is 399 g/mol. The van der Waals surface area contributed by atoms with Crippen LogP contribution < -0.4 is 5.32 Å². The van der Waals surface area contributed by atoms with Crippen LogP contribution >= 0.6 is 0 Å². The first kappa shape index (κ1) is 26.9. The highest BCUT2D eigenvalue weighted by atomic mass is 16.5. The van der Waals surface area contributed by atoms with Crippen LogP contribution in [-0.2, 0) is 16.0 Å². The molecule has 1 aromatic carbocycles. The highest BCUT2D eigenvalue weighted by Gasteiger charge is 1.96. The van der Waals surface area contributed by atoms with Crippen LogP contribution in [0.3, 0.4) is 0 Å². The lowest BCUT2D eigenvalue weighted by molar-refractivity contribution is -0.107. The second kappa shape index (κ2) is 20.6. The molecule has 0 saturated heterocycles. The molecule has 3 heteroatoms. The van der Waals surface area contributed by atoms with E-state index in [-0.39, 0.29) is 0 Å². The molecule has 1 rings (SSSR count). The lowest BCUT2D eigenvalue weighted by Crippen LogP contribution is -2.16. The number of unbranched alkanes of at least 4 members (excludes halogenated alkanes) is 2. The van der Waals surface area contributed by atoms with Gasteiger partial charge in [-0.15, -0.1) is 0 Å². The van der Waals surface area contributed by atoms with Crippen molar-refractivity contribution in [3.63, 3.8) is 0 Å². The second-order valence-corrected chi connectivity index (χ2v) is 6.62. The molecule has 0 bridgehead atoms. The lowest BCUT2D eigenvalue weighted by Gasteiger charge is -2.07. The molecule has 3 nitrogen and oxygen atoms in total. The average molecular weight is 400 g/mol. The van der Waals surface area contributed by atoms with Crippen molar-refractivity contribution in [1.82, 2.24) is 5.32 Å². The first-order valence-electron chi connectivity index (χ1n) is 11.1. The maximum atomic E-state index is 10.2. The maximum Gasteiger partial charge on any atom is 0.121 e. The molecule has 162 valence electrons. The Hall–Kier alpha value is -2.13.